The van der Waals surface area contributed by atoms with E-state index in [0.29, 0.717) is 22.6 Å². The minimum Gasteiger partial charge on any atom is -0.355 e. The quantitative estimate of drug-likeness (QED) is 0.708. The van der Waals surface area contributed by atoms with Gasteiger partial charge in [-0.05, 0) is 43.9 Å². The Labute approximate surface area is 169 Å². The highest BCUT2D eigenvalue weighted by molar-refractivity contribution is 8.00. The highest BCUT2D eigenvalue weighted by atomic mass is 35.5. The number of rotatable bonds is 7. The zero-order chi connectivity index (χ0) is 19.4. The van der Waals surface area contributed by atoms with Crippen molar-refractivity contribution in [3.05, 3.63) is 29.3 Å². The predicted molar refractivity (Wildman–Crippen MR) is 111 cm³/mol. The van der Waals surface area contributed by atoms with Gasteiger partial charge in [0, 0.05) is 24.7 Å². The molecule has 2 heterocycles. The number of carbonyl (C=O) groups is 1. The maximum absolute atomic E-state index is 12.4. The summed E-state index contributed by atoms with van der Waals surface area (Å²) in [6, 6.07) is 7.65. The third-order valence-corrected chi connectivity index (χ3v) is 5.69. The van der Waals surface area contributed by atoms with Gasteiger partial charge in [0.05, 0.1) is 10.9 Å². The summed E-state index contributed by atoms with van der Waals surface area (Å²) in [5.41, 5.74) is 0.909. The Kier molecular flexibility index (Phi) is 6.65. The highest BCUT2D eigenvalue weighted by Crippen LogP contribution is 2.31. The molecule has 3 rings (SSSR count). The first-order valence-electron chi connectivity index (χ1n) is 9.36. The van der Waals surface area contributed by atoms with Crippen LogP contribution in [0.3, 0.4) is 0 Å². The third kappa shape index (κ3) is 4.96. The van der Waals surface area contributed by atoms with Crippen molar-refractivity contribution in [3.63, 3.8) is 0 Å². The van der Waals surface area contributed by atoms with Gasteiger partial charge < -0.3 is 10.2 Å². The zero-order valence-corrected chi connectivity index (χ0v) is 17.6. The van der Waals surface area contributed by atoms with Crippen LogP contribution >= 0.6 is 23.4 Å². The average molecular weight is 408 g/mol. The fraction of sp³-hybridized carbons (Fsp3) is 0.526. The standard InChI is InChI=1S/C19H26ClN5OS/c1-13(2)12-21-17(26)14(3)27-19-23-22-18(24-9-4-5-10-24)25(19)16-8-6-7-15(20)11-16/h6-8,11,13-14H,4-5,9-10,12H2,1-3H3,(H,21,26)/t14-/m0/s1. The SMILES string of the molecule is CC(C)CNC(=O)[C@H](C)Sc1nnc(N2CCCC2)n1-c1cccc(Cl)c1. The van der Waals surface area contributed by atoms with Crippen LogP contribution in [0.1, 0.15) is 33.6 Å². The van der Waals surface area contributed by atoms with Gasteiger partial charge in [0.2, 0.25) is 11.9 Å². The van der Waals surface area contributed by atoms with Crippen LogP contribution in [0.2, 0.25) is 5.02 Å². The number of hydrogen-bond acceptors (Lipinski definition) is 5. The van der Waals surface area contributed by atoms with E-state index in [9.17, 15) is 4.79 Å². The summed E-state index contributed by atoms with van der Waals surface area (Å²) >= 11 is 7.63. The van der Waals surface area contributed by atoms with E-state index in [-0.39, 0.29) is 11.2 Å². The second-order valence-corrected chi connectivity index (χ2v) is 8.94. The van der Waals surface area contributed by atoms with Gasteiger partial charge in [0.25, 0.3) is 0 Å². The van der Waals surface area contributed by atoms with Crippen molar-refractivity contribution in [1.82, 2.24) is 20.1 Å². The number of benzene rings is 1. The fourth-order valence-electron chi connectivity index (χ4n) is 2.96. The van der Waals surface area contributed by atoms with Crippen molar-refractivity contribution in [2.24, 2.45) is 5.92 Å². The van der Waals surface area contributed by atoms with Crippen LogP contribution in [0.5, 0.6) is 0 Å². The zero-order valence-electron chi connectivity index (χ0n) is 16.0. The largest absolute Gasteiger partial charge is 0.355 e. The van der Waals surface area contributed by atoms with E-state index in [0.717, 1.165) is 37.6 Å². The Morgan fingerprint density at radius 3 is 2.67 bits per heavy atom. The molecule has 2 aromatic rings. The highest BCUT2D eigenvalue weighted by Gasteiger charge is 2.25. The van der Waals surface area contributed by atoms with E-state index in [1.165, 1.54) is 11.8 Å². The summed E-state index contributed by atoms with van der Waals surface area (Å²) in [4.78, 5) is 14.6. The molecular formula is C19H26ClN5OS. The van der Waals surface area contributed by atoms with Crippen LogP contribution in [0.4, 0.5) is 5.95 Å². The van der Waals surface area contributed by atoms with Crippen LogP contribution in [0.25, 0.3) is 5.69 Å². The van der Waals surface area contributed by atoms with Crippen molar-refractivity contribution >= 4 is 35.2 Å². The molecule has 1 aromatic heterocycles. The number of anilines is 1. The molecule has 8 heteroatoms. The monoisotopic (exact) mass is 407 g/mol. The maximum atomic E-state index is 12.4. The summed E-state index contributed by atoms with van der Waals surface area (Å²) in [6.07, 6.45) is 2.30. The second kappa shape index (κ2) is 8.97. The summed E-state index contributed by atoms with van der Waals surface area (Å²) in [5, 5.41) is 12.9. The molecule has 1 aliphatic heterocycles. The molecule has 1 aliphatic rings. The second-order valence-electron chi connectivity index (χ2n) is 7.19. The van der Waals surface area contributed by atoms with Crippen molar-refractivity contribution in [2.75, 3.05) is 24.5 Å². The number of halogens is 1. The van der Waals surface area contributed by atoms with Gasteiger partial charge in [-0.2, -0.15) is 0 Å². The van der Waals surface area contributed by atoms with E-state index in [1.807, 2.05) is 35.8 Å². The van der Waals surface area contributed by atoms with Gasteiger partial charge in [0.1, 0.15) is 0 Å². The lowest BCUT2D eigenvalue weighted by Crippen LogP contribution is -2.33. The van der Waals surface area contributed by atoms with Gasteiger partial charge in [-0.1, -0.05) is 43.3 Å². The molecule has 0 aliphatic carbocycles. The molecule has 1 amide bonds. The Morgan fingerprint density at radius 2 is 2.00 bits per heavy atom. The van der Waals surface area contributed by atoms with E-state index < -0.39 is 0 Å². The molecule has 1 aromatic carbocycles. The summed E-state index contributed by atoms with van der Waals surface area (Å²) in [7, 11) is 0. The Hall–Kier alpha value is -1.73. The van der Waals surface area contributed by atoms with E-state index in [1.54, 1.807) is 0 Å². The third-order valence-electron chi connectivity index (χ3n) is 4.41. The molecular weight excluding hydrogens is 382 g/mol. The Balaban J connectivity index is 1.87. The smallest absolute Gasteiger partial charge is 0.233 e. The molecule has 1 atom stereocenters. The molecule has 0 bridgehead atoms. The molecule has 1 fully saturated rings. The lowest BCUT2D eigenvalue weighted by Gasteiger charge is -2.19. The molecule has 146 valence electrons. The Bertz CT molecular complexity index is 788. The van der Waals surface area contributed by atoms with E-state index in [2.05, 4.69) is 34.3 Å². The van der Waals surface area contributed by atoms with Gasteiger partial charge in [-0.3, -0.25) is 9.36 Å². The minimum atomic E-state index is -0.266. The average Bonchev–Trinajstić information content (AvgIpc) is 3.28. The van der Waals surface area contributed by atoms with Gasteiger partial charge in [-0.15, -0.1) is 10.2 Å². The van der Waals surface area contributed by atoms with Crippen LogP contribution < -0.4 is 10.2 Å². The van der Waals surface area contributed by atoms with Gasteiger partial charge in [0.15, 0.2) is 5.16 Å². The fourth-order valence-corrected chi connectivity index (χ4v) is 4.03. The van der Waals surface area contributed by atoms with Crippen LogP contribution in [0.15, 0.2) is 29.4 Å². The molecule has 1 N–H and O–H groups in total. The molecule has 0 spiro atoms. The van der Waals surface area contributed by atoms with Crippen LogP contribution in [-0.4, -0.2) is 45.6 Å². The number of hydrogen-bond donors (Lipinski definition) is 1. The van der Waals surface area contributed by atoms with Crippen molar-refractivity contribution < 1.29 is 4.79 Å². The Morgan fingerprint density at radius 1 is 1.26 bits per heavy atom. The molecule has 1 saturated heterocycles. The minimum absolute atomic E-state index is 0.0112. The van der Waals surface area contributed by atoms with Gasteiger partial charge in [-0.25, -0.2) is 0 Å². The van der Waals surface area contributed by atoms with E-state index in [4.69, 9.17) is 11.6 Å². The maximum Gasteiger partial charge on any atom is 0.233 e. The molecule has 27 heavy (non-hydrogen) atoms. The lowest BCUT2D eigenvalue weighted by molar-refractivity contribution is -0.120. The van der Waals surface area contributed by atoms with E-state index >= 15 is 0 Å². The van der Waals surface area contributed by atoms with Crippen molar-refractivity contribution in [1.29, 1.82) is 0 Å². The number of nitrogens with one attached hydrogen (secondary N) is 1. The summed E-state index contributed by atoms with van der Waals surface area (Å²) in [6.45, 7) is 8.66. The predicted octanol–water partition coefficient (Wildman–Crippen LogP) is 3.77. The van der Waals surface area contributed by atoms with Crippen molar-refractivity contribution in [2.45, 2.75) is 44.0 Å². The number of thioether (sulfide) groups is 1. The van der Waals surface area contributed by atoms with Crippen LogP contribution in [-0.2, 0) is 4.79 Å². The molecule has 0 unspecified atom stereocenters. The topological polar surface area (TPSA) is 63.1 Å². The van der Waals surface area contributed by atoms with Crippen LogP contribution in [0, 0.1) is 5.92 Å². The summed E-state index contributed by atoms with van der Waals surface area (Å²) in [5.74, 6) is 1.24. The first kappa shape index (κ1) is 20.0. The molecule has 0 radical (unpaired) electrons. The molecule has 0 saturated carbocycles. The number of aromatic nitrogens is 3. The number of nitrogens with zero attached hydrogens (tertiary/aromatic N) is 4. The molecule has 6 nitrogen and oxygen atoms in total. The van der Waals surface area contributed by atoms with Crippen molar-refractivity contribution in [3.8, 4) is 5.69 Å². The first-order chi connectivity index (χ1) is 13.0. The normalized spacial score (nSPS) is 15.4. The first-order valence-corrected chi connectivity index (χ1v) is 10.6. The lowest BCUT2D eigenvalue weighted by atomic mass is 10.2. The number of amides is 1. The van der Waals surface area contributed by atoms with Gasteiger partial charge >= 0.3 is 0 Å². The number of carbonyl (C=O) groups excluding carboxylic acids is 1. The summed E-state index contributed by atoms with van der Waals surface area (Å²) < 4.78 is 2.01.